The van der Waals surface area contributed by atoms with Crippen molar-refractivity contribution in [2.75, 3.05) is 17.4 Å². The molecule has 1 unspecified atom stereocenters. The van der Waals surface area contributed by atoms with E-state index in [2.05, 4.69) is 0 Å². The number of benzene rings is 1. The first-order chi connectivity index (χ1) is 12.8. The summed E-state index contributed by atoms with van der Waals surface area (Å²) < 4.78 is 30.0. The van der Waals surface area contributed by atoms with Crippen LogP contribution in [0.3, 0.4) is 0 Å². The van der Waals surface area contributed by atoms with Crippen LogP contribution >= 0.6 is 11.8 Å². The minimum atomic E-state index is -3.92. The number of nitrogens with zero attached hydrogens (tertiary/aromatic N) is 1. The first-order valence-corrected chi connectivity index (χ1v) is 11.8. The van der Waals surface area contributed by atoms with Crippen molar-refractivity contribution in [1.29, 1.82) is 0 Å². The summed E-state index contributed by atoms with van der Waals surface area (Å²) in [7, 11) is -3.92. The predicted molar refractivity (Wildman–Crippen MR) is 108 cm³/mol. The molecule has 1 aromatic rings. The van der Waals surface area contributed by atoms with Crippen molar-refractivity contribution >= 4 is 27.8 Å². The van der Waals surface area contributed by atoms with Gasteiger partial charge in [-0.05, 0) is 30.6 Å². The van der Waals surface area contributed by atoms with Gasteiger partial charge in [-0.1, -0.05) is 42.5 Å². The normalized spacial score (nSPS) is 19.1. The number of amides is 1. The van der Waals surface area contributed by atoms with Gasteiger partial charge in [-0.3, -0.25) is 9.35 Å². The molecule has 8 heteroatoms. The summed E-state index contributed by atoms with van der Waals surface area (Å²) in [5.41, 5.74) is 1.07. The zero-order valence-electron chi connectivity index (χ0n) is 15.2. The van der Waals surface area contributed by atoms with Crippen LogP contribution in [0.1, 0.15) is 31.2 Å². The molecule has 0 aromatic heterocycles. The molecule has 1 fully saturated rings. The Kier molecular flexibility index (Phi) is 8.82. The molecule has 1 saturated heterocycles. The number of hydrogen-bond donors (Lipinski definition) is 2. The van der Waals surface area contributed by atoms with E-state index < -0.39 is 16.2 Å². The number of thioether (sulfide) groups is 1. The molecule has 0 radical (unpaired) electrons. The Morgan fingerprint density at radius 2 is 2.00 bits per heavy atom. The van der Waals surface area contributed by atoms with Crippen LogP contribution in [0.4, 0.5) is 0 Å². The molecule has 2 N–H and O–H groups in total. The van der Waals surface area contributed by atoms with E-state index in [9.17, 15) is 18.3 Å². The summed E-state index contributed by atoms with van der Waals surface area (Å²) in [6, 6.07) is 9.78. The number of unbranched alkanes of at least 4 members (excludes halogenated alkanes) is 1. The van der Waals surface area contributed by atoms with Crippen LogP contribution in [0.25, 0.3) is 0 Å². The van der Waals surface area contributed by atoms with Gasteiger partial charge in [0.25, 0.3) is 10.1 Å². The maximum Gasteiger partial charge on any atom is 0.274 e. The number of rotatable bonds is 11. The average Bonchev–Trinajstić information content (AvgIpc) is 2.96. The summed E-state index contributed by atoms with van der Waals surface area (Å²) in [5.74, 6) is 0.741. The third-order valence-corrected chi connectivity index (χ3v) is 6.82. The van der Waals surface area contributed by atoms with Crippen molar-refractivity contribution in [3.63, 3.8) is 0 Å². The second-order valence-corrected chi connectivity index (χ2v) is 9.57. The molecule has 0 aliphatic carbocycles. The van der Waals surface area contributed by atoms with E-state index in [4.69, 9.17) is 4.55 Å². The summed E-state index contributed by atoms with van der Waals surface area (Å²) in [4.78, 5) is 13.9. The molecule has 2 atom stereocenters. The molecule has 1 aliphatic heterocycles. The number of hydrogen-bond acceptors (Lipinski definition) is 5. The zero-order chi connectivity index (χ0) is 19.7. The first kappa shape index (κ1) is 21.9. The highest BCUT2D eigenvalue weighted by Gasteiger charge is 2.28. The lowest BCUT2D eigenvalue weighted by Gasteiger charge is -2.22. The quantitative estimate of drug-likeness (QED) is 0.329. The molecule has 1 heterocycles. The van der Waals surface area contributed by atoms with E-state index in [1.807, 2.05) is 41.3 Å². The minimum absolute atomic E-state index is 0.00777. The Morgan fingerprint density at radius 1 is 1.26 bits per heavy atom. The van der Waals surface area contributed by atoms with Crippen molar-refractivity contribution in [2.24, 2.45) is 0 Å². The second kappa shape index (κ2) is 10.8. The Balaban J connectivity index is 1.74. The Hall–Kier alpha value is -1.35. The molecule has 0 spiro atoms. The molecule has 0 saturated carbocycles. The maximum atomic E-state index is 12.1. The largest absolute Gasteiger partial charge is 0.389 e. The topological polar surface area (TPSA) is 94.9 Å². The van der Waals surface area contributed by atoms with E-state index in [1.54, 1.807) is 6.08 Å². The van der Waals surface area contributed by atoms with E-state index in [1.165, 1.54) is 11.8 Å². The van der Waals surface area contributed by atoms with Crippen LogP contribution in [0.5, 0.6) is 0 Å². The smallest absolute Gasteiger partial charge is 0.274 e. The molecular formula is C19H27NO5S2. The Morgan fingerprint density at radius 3 is 2.70 bits per heavy atom. The standard InChI is InChI=1S/C19H27NO5S2/c21-18(14-16-6-2-1-3-7-16)10-8-17-9-11-19(22)20(17)12-4-5-13-26-15-27(23,24)25/h1-3,6-8,10,17-18,21H,4-5,9,11-15H2,(H,23,24,25)/t17-,18?/m0/s1. The number of aliphatic hydroxyl groups is 1. The van der Waals surface area contributed by atoms with Gasteiger partial charge in [0.05, 0.1) is 12.1 Å². The fourth-order valence-electron chi connectivity index (χ4n) is 3.08. The predicted octanol–water partition coefficient (Wildman–Crippen LogP) is 2.50. The van der Waals surface area contributed by atoms with Crippen LogP contribution < -0.4 is 0 Å². The summed E-state index contributed by atoms with van der Waals surface area (Å²) in [6.07, 6.45) is 6.48. The van der Waals surface area contributed by atoms with Gasteiger partial charge >= 0.3 is 0 Å². The van der Waals surface area contributed by atoms with Gasteiger partial charge < -0.3 is 10.0 Å². The third kappa shape index (κ3) is 8.47. The molecule has 1 amide bonds. The van der Waals surface area contributed by atoms with Gasteiger partial charge in [-0.15, -0.1) is 11.8 Å². The highest BCUT2D eigenvalue weighted by atomic mass is 32.3. The Bertz CT molecular complexity index is 721. The van der Waals surface area contributed by atoms with Crippen molar-refractivity contribution in [3.05, 3.63) is 48.0 Å². The van der Waals surface area contributed by atoms with Crippen molar-refractivity contribution in [2.45, 2.75) is 44.2 Å². The number of aliphatic hydroxyl groups excluding tert-OH is 1. The molecule has 27 heavy (non-hydrogen) atoms. The van der Waals surface area contributed by atoms with E-state index in [-0.39, 0.29) is 17.0 Å². The molecular weight excluding hydrogens is 386 g/mol. The van der Waals surface area contributed by atoms with Gasteiger partial charge in [0.2, 0.25) is 5.91 Å². The average molecular weight is 414 g/mol. The second-order valence-electron chi connectivity index (χ2n) is 6.65. The van der Waals surface area contributed by atoms with E-state index >= 15 is 0 Å². The lowest BCUT2D eigenvalue weighted by molar-refractivity contribution is -0.128. The molecule has 0 bridgehead atoms. The summed E-state index contributed by atoms with van der Waals surface area (Å²) >= 11 is 1.17. The van der Waals surface area contributed by atoms with Gasteiger partial charge in [-0.2, -0.15) is 8.42 Å². The van der Waals surface area contributed by atoms with Gasteiger partial charge in [0.1, 0.15) is 5.08 Å². The fraction of sp³-hybridized carbons (Fsp3) is 0.526. The fourth-order valence-corrected chi connectivity index (χ4v) is 4.80. The number of likely N-dealkylation sites (tertiary alicyclic amines) is 1. The summed E-state index contributed by atoms with van der Waals surface area (Å²) in [5, 5.41) is 9.90. The Labute approximate surface area is 165 Å². The van der Waals surface area contributed by atoms with E-state index in [0.717, 1.165) is 24.8 Å². The van der Waals surface area contributed by atoms with Crippen molar-refractivity contribution in [1.82, 2.24) is 4.90 Å². The number of carbonyl (C=O) groups excluding carboxylic acids is 1. The highest BCUT2D eigenvalue weighted by molar-refractivity contribution is 8.10. The molecule has 1 aromatic carbocycles. The zero-order valence-corrected chi connectivity index (χ0v) is 16.9. The third-order valence-electron chi connectivity index (χ3n) is 4.39. The number of carbonyl (C=O) groups is 1. The first-order valence-electron chi connectivity index (χ1n) is 9.08. The molecule has 150 valence electrons. The van der Waals surface area contributed by atoms with Crippen LogP contribution in [0, 0.1) is 0 Å². The molecule has 2 rings (SSSR count). The van der Waals surface area contributed by atoms with Gasteiger partial charge in [0, 0.05) is 19.4 Å². The van der Waals surface area contributed by atoms with Crippen molar-refractivity contribution < 1.29 is 22.9 Å². The minimum Gasteiger partial charge on any atom is -0.389 e. The van der Waals surface area contributed by atoms with Crippen LogP contribution in [0.15, 0.2) is 42.5 Å². The van der Waals surface area contributed by atoms with Gasteiger partial charge in [-0.25, -0.2) is 0 Å². The van der Waals surface area contributed by atoms with Crippen LogP contribution in [-0.2, 0) is 21.3 Å². The maximum absolute atomic E-state index is 12.1. The highest BCUT2D eigenvalue weighted by Crippen LogP contribution is 2.21. The van der Waals surface area contributed by atoms with Crippen molar-refractivity contribution in [3.8, 4) is 0 Å². The lowest BCUT2D eigenvalue weighted by Crippen LogP contribution is -2.33. The lowest BCUT2D eigenvalue weighted by atomic mass is 10.1. The molecule has 1 aliphatic rings. The monoisotopic (exact) mass is 413 g/mol. The van der Waals surface area contributed by atoms with Crippen LogP contribution in [0.2, 0.25) is 0 Å². The van der Waals surface area contributed by atoms with E-state index in [0.29, 0.717) is 25.1 Å². The van der Waals surface area contributed by atoms with Crippen LogP contribution in [-0.4, -0.2) is 58.4 Å². The van der Waals surface area contributed by atoms with Gasteiger partial charge in [0.15, 0.2) is 0 Å². The molecule has 6 nitrogen and oxygen atoms in total. The SMILES string of the molecule is O=C1CC[C@H](C=CC(O)Cc2ccccc2)N1CCCCSCS(=O)(=O)O. The summed E-state index contributed by atoms with van der Waals surface area (Å²) in [6.45, 7) is 0.620.